The summed E-state index contributed by atoms with van der Waals surface area (Å²) in [6.45, 7) is 3.70. The molecule has 4 rings (SSSR count). The molecule has 1 fully saturated rings. The third kappa shape index (κ3) is 3.78. The predicted octanol–water partition coefficient (Wildman–Crippen LogP) is 2.43. The fraction of sp³-hybridized carbons (Fsp3) is 0.611. The molecule has 0 atom stereocenters. The second kappa shape index (κ2) is 7.10. The first-order valence-electron chi connectivity index (χ1n) is 9.32. The van der Waals surface area contributed by atoms with Crippen molar-refractivity contribution in [2.45, 2.75) is 38.4 Å². The number of fused-ring (bicyclic) bond motifs is 1. The van der Waals surface area contributed by atoms with Crippen LogP contribution in [-0.2, 0) is 32.6 Å². The number of rotatable bonds is 3. The van der Waals surface area contributed by atoms with Crippen LogP contribution in [0.4, 0.5) is 19.0 Å². The quantitative estimate of drug-likeness (QED) is 0.819. The van der Waals surface area contributed by atoms with Crippen molar-refractivity contribution in [3.8, 4) is 0 Å². The van der Waals surface area contributed by atoms with Crippen LogP contribution < -0.4 is 4.90 Å². The van der Waals surface area contributed by atoms with Gasteiger partial charge in [0.1, 0.15) is 17.8 Å². The zero-order valence-corrected chi connectivity index (χ0v) is 15.3. The Bertz CT molecular complexity index is 808. The van der Waals surface area contributed by atoms with Gasteiger partial charge >= 0.3 is 6.18 Å². The van der Waals surface area contributed by atoms with Crippen LogP contribution in [0, 0.1) is 0 Å². The van der Waals surface area contributed by atoms with Gasteiger partial charge in [0.15, 0.2) is 0 Å². The highest BCUT2D eigenvalue weighted by atomic mass is 19.4. The molecule has 0 spiro atoms. The minimum atomic E-state index is -4.45. The minimum Gasteiger partial charge on any atom is -0.354 e. The molecule has 2 aromatic rings. The molecule has 1 saturated heterocycles. The lowest BCUT2D eigenvalue weighted by Crippen LogP contribution is -2.46. The van der Waals surface area contributed by atoms with Crippen LogP contribution in [-0.4, -0.2) is 50.8 Å². The number of alkyl halides is 3. The molecule has 9 heteroatoms. The van der Waals surface area contributed by atoms with Gasteiger partial charge < -0.3 is 4.90 Å². The maximum atomic E-state index is 12.9. The molecule has 0 amide bonds. The summed E-state index contributed by atoms with van der Waals surface area (Å²) in [6, 6.07) is 1.03. The summed E-state index contributed by atoms with van der Waals surface area (Å²) in [6.07, 6.45) is 1.13. The Morgan fingerprint density at radius 3 is 2.52 bits per heavy atom. The van der Waals surface area contributed by atoms with Gasteiger partial charge in [-0.15, -0.1) is 0 Å². The van der Waals surface area contributed by atoms with E-state index in [-0.39, 0.29) is 0 Å². The first-order valence-corrected chi connectivity index (χ1v) is 9.32. The molecular formula is C18H23F3N6. The average molecular weight is 380 g/mol. The molecule has 0 radical (unpaired) electrons. The monoisotopic (exact) mass is 380 g/mol. The van der Waals surface area contributed by atoms with E-state index in [0.29, 0.717) is 18.9 Å². The summed E-state index contributed by atoms with van der Waals surface area (Å²) in [5.74, 6) is 0.342. The molecular weight excluding hydrogens is 357 g/mol. The molecule has 0 aromatic carbocycles. The number of halogens is 3. The molecule has 0 unspecified atom stereocenters. The van der Waals surface area contributed by atoms with Crippen LogP contribution in [0.1, 0.15) is 35.5 Å². The van der Waals surface area contributed by atoms with E-state index < -0.39 is 11.9 Å². The van der Waals surface area contributed by atoms with Gasteiger partial charge in [-0.3, -0.25) is 9.58 Å². The second-order valence-corrected chi connectivity index (χ2v) is 7.23. The number of aromatic nitrogens is 4. The van der Waals surface area contributed by atoms with Crippen LogP contribution >= 0.6 is 0 Å². The van der Waals surface area contributed by atoms with E-state index in [1.54, 1.807) is 0 Å². The first-order chi connectivity index (χ1) is 12.9. The summed E-state index contributed by atoms with van der Waals surface area (Å²) < 4.78 is 40.6. The van der Waals surface area contributed by atoms with Crippen molar-refractivity contribution in [3.63, 3.8) is 0 Å². The zero-order valence-electron chi connectivity index (χ0n) is 15.3. The molecule has 2 aliphatic rings. The minimum absolute atomic E-state index is 0.342. The van der Waals surface area contributed by atoms with Crippen molar-refractivity contribution >= 4 is 5.82 Å². The molecule has 27 heavy (non-hydrogen) atoms. The summed E-state index contributed by atoms with van der Waals surface area (Å²) >= 11 is 0. The van der Waals surface area contributed by atoms with E-state index >= 15 is 0 Å². The average Bonchev–Trinajstić information content (AvgIpc) is 2.97. The highest BCUT2D eigenvalue weighted by Crippen LogP contribution is 2.29. The Morgan fingerprint density at radius 1 is 1.04 bits per heavy atom. The largest absolute Gasteiger partial charge is 0.433 e. The molecule has 1 aliphatic carbocycles. The van der Waals surface area contributed by atoms with Crippen LogP contribution in [0.3, 0.4) is 0 Å². The van der Waals surface area contributed by atoms with Gasteiger partial charge in [-0.1, -0.05) is 0 Å². The van der Waals surface area contributed by atoms with Gasteiger partial charge in [-0.2, -0.15) is 18.3 Å². The van der Waals surface area contributed by atoms with Crippen molar-refractivity contribution in [2.75, 3.05) is 31.1 Å². The maximum absolute atomic E-state index is 12.9. The van der Waals surface area contributed by atoms with Crippen molar-refractivity contribution in [3.05, 3.63) is 35.0 Å². The zero-order chi connectivity index (χ0) is 19.0. The van der Waals surface area contributed by atoms with Crippen LogP contribution in [0.2, 0.25) is 0 Å². The third-order valence-electron chi connectivity index (χ3n) is 5.46. The first kappa shape index (κ1) is 18.2. The van der Waals surface area contributed by atoms with Crippen molar-refractivity contribution < 1.29 is 13.2 Å². The standard InChI is InChI=1S/C18H23F3N6/c1-25-15(13-4-2-3-5-14(13)24-25)11-26-6-8-27(9-7-26)17-10-16(18(19,20)21)22-12-23-17/h10,12H,2-9,11H2,1H3. The van der Waals surface area contributed by atoms with Gasteiger partial charge in [0.05, 0.1) is 11.4 Å². The fourth-order valence-electron chi connectivity index (χ4n) is 3.97. The maximum Gasteiger partial charge on any atom is 0.433 e. The molecule has 0 saturated carbocycles. The lowest BCUT2D eigenvalue weighted by atomic mass is 9.95. The molecule has 1 aliphatic heterocycles. The number of hydrogen-bond donors (Lipinski definition) is 0. The summed E-state index contributed by atoms with van der Waals surface area (Å²) in [5, 5.41) is 4.67. The molecule has 6 nitrogen and oxygen atoms in total. The smallest absolute Gasteiger partial charge is 0.354 e. The Morgan fingerprint density at radius 2 is 1.78 bits per heavy atom. The van der Waals surface area contributed by atoms with E-state index in [9.17, 15) is 13.2 Å². The normalized spacial score (nSPS) is 18.6. The van der Waals surface area contributed by atoms with Gasteiger partial charge in [-0.25, -0.2) is 9.97 Å². The number of anilines is 1. The highest BCUT2D eigenvalue weighted by molar-refractivity contribution is 5.40. The number of nitrogens with zero attached hydrogens (tertiary/aromatic N) is 6. The lowest BCUT2D eigenvalue weighted by molar-refractivity contribution is -0.141. The van der Waals surface area contributed by atoms with E-state index in [1.807, 2.05) is 16.6 Å². The number of hydrogen-bond acceptors (Lipinski definition) is 5. The fourth-order valence-corrected chi connectivity index (χ4v) is 3.97. The van der Waals surface area contributed by atoms with Gasteiger partial charge in [0.2, 0.25) is 0 Å². The van der Waals surface area contributed by atoms with Crippen molar-refractivity contribution in [1.29, 1.82) is 0 Å². The lowest BCUT2D eigenvalue weighted by Gasteiger charge is -2.35. The van der Waals surface area contributed by atoms with E-state index in [0.717, 1.165) is 44.9 Å². The van der Waals surface area contributed by atoms with E-state index in [1.165, 1.54) is 29.8 Å². The van der Waals surface area contributed by atoms with E-state index in [2.05, 4.69) is 20.0 Å². The summed E-state index contributed by atoms with van der Waals surface area (Å²) in [7, 11) is 2.00. The number of piperazine rings is 1. The molecule has 2 aromatic heterocycles. The molecule has 0 bridgehead atoms. The Kier molecular flexibility index (Phi) is 4.79. The van der Waals surface area contributed by atoms with Gasteiger partial charge in [0.25, 0.3) is 0 Å². The molecule has 3 heterocycles. The Hall–Kier alpha value is -2.16. The second-order valence-electron chi connectivity index (χ2n) is 7.23. The third-order valence-corrected chi connectivity index (χ3v) is 5.46. The van der Waals surface area contributed by atoms with Crippen molar-refractivity contribution in [1.82, 2.24) is 24.6 Å². The summed E-state index contributed by atoms with van der Waals surface area (Å²) in [5.41, 5.74) is 3.02. The molecule has 146 valence electrons. The van der Waals surface area contributed by atoms with Crippen molar-refractivity contribution in [2.24, 2.45) is 7.05 Å². The number of aryl methyl sites for hydroxylation is 2. The predicted molar refractivity (Wildman–Crippen MR) is 94.4 cm³/mol. The SMILES string of the molecule is Cn1nc2c(c1CN1CCN(c3cc(C(F)(F)F)ncn3)CC1)CCCC2. The van der Waals surface area contributed by atoms with E-state index in [4.69, 9.17) is 0 Å². The topological polar surface area (TPSA) is 50.1 Å². The van der Waals surface area contributed by atoms with Crippen LogP contribution in [0.25, 0.3) is 0 Å². The molecule has 0 N–H and O–H groups in total. The Labute approximate surface area is 156 Å². The van der Waals surface area contributed by atoms with Gasteiger partial charge in [0, 0.05) is 45.8 Å². The summed E-state index contributed by atoms with van der Waals surface area (Å²) in [4.78, 5) is 11.6. The van der Waals surface area contributed by atoms with Crippen LogP contribution in [0.15, 0.2) is 12.4 Å². The highest BCUT2D eigenvalue weighted by Gasteiger charge is 2.33. The van der Waals surface area contributed by atoms with Gasteiger partial charge in [-0.05, 0) is 31.2 Å². The Balaban J connectivity index is 1.41. The van der Waals surface area contributed by atoms with Crippen LogP contribution in [0.5, 0.6) is 0 Å².